The summed E-state index contributed by atoms with van der Waals surface area (Å²) < 4.78 is 13.3. The smallest absolute Gasteiger partial charge is 0.157 e. The average molecular weight is 291 g/mol. The molecule has 0 bridgehead atoms. The quantitative estimate of drug-likeness (QED) is 0.720. The zero-order chi connectivity index (χ0) is 15.1. The third kappa shape index (κ3) is 4.63. The van der Waals surface area contributed by atoms with E-state index in [2.05, 4.69) is 30.3 Å². The van der Waals surface area contributed by atoms with Crippen molar-refractivity contribution in [1.29, 1.82) is 0 Å². The Hall–Kier alpha value is -1.75. The van der Waals surface area contributed by atoms with Crippen molar-refractivity contribution < 1.29 is 9.15 Å². The van der Waals surface area contributed by atoms with E-state index in [9.17, 15) is 0 Å². The Morgan fingerprint density at radius 1 is 1.33 bits per heavy atom. The largest absolute Gasteiger partial charge is 0.482 e. The van der Waals surface area contributed by atoms with Crippen molar-refractivity contribution in [3.05, 3.63) is 35.5 Å². The molecular formula is C16H25N3O2. The molecule has 0 radical (unpaired) electrons. The van der Waals surface area contributed by atoms with Crippen LogP contribution in [0.4, 0.5) is 0 Å². The van der Waals surface area contributed by atoms with E-state index in [1.165, 1.54) is 5.56 Å². The van der Waals surface area contributed by atoms with Crippen molar-refractivity contribution in [2.45, 2.75) is 53.3 Å². The van der Waals surface area contributed by atoms with E-state index in [0.29, 0.717) is 6.61 Å². The van der Waals surface area contributed by atoms with Gasteiger partial charge in [-0.15, -0.1) is 0 Å². The van der Waals surface area contributed by atoms with Gasteiger partial charge in [0, 0.05) is 18.7 Å². The second kappa shape index (κ2) is 7.88. The van der Waals surface area contributed by atoms with E-state index >= 15 is 0 Å². The number of hydrogen-bond acceptors (Lipinski definition) is 4. The zero-order valence-electron chi connectivity index (χ0n) is 13.2. The Kier molecular flexibility index (Phi) is 5.87. The molecular weight excluding hydrogens is 266 g/mol. The topological polar surface area (TPSA) is 52.2 Å². The first-order valence-electron chi connectivity index (χ1n) is 7.67. The number of furan rings is 1. The van der Waals surface area contributed by atoms with E-state index < -0.39 is 0 Å². The molecule has 0 spiro atoms. The number of hydrogen-bond donors (Lipinski definition) is 1. The maximum atomic E-state index is 5.73. The van der Waals surface area contributed by atoms with Crippen LogP contribution in [0.25, 0.3) is 0 Å². The normalized spacial score (nSPS) is 11.0. The van der Waals surface area contributed by atoms with Crippen molar-refractivity contribution >= 4 is 0 Å². The van der Waals surface area contributed by atoms with Crippen molar-refractivity contribution in [1.82, 2.24) is 15.1 Å². The van der Waals surface area contributed by atoms with Gasteiger partial charge in [0.25, 0.3) is 0 Å². The fourth-order valence-corrected chi connectivity index (χ4v) is 2.16. The van der Waals surface area contributed by atoms with Crippen molar-refractivity contribution in [3.8, 4) is 5.75 Å². The molecule has 2 aromatic heterocycles. The Bertz CT molecular complexity index is 545. The third-order valence-electron chi connectivity index (χ3n) is 3.26. The molecule has 0 saturated carbocycles. The van der Waals surface area contributed by atoms with Crippen molar-refractivity contribution in [2.75, 3.05) is 6.54 Å². The minimum absolute atomic E-state index is 0.437. The van der Waals surface area contributed by atoms with Crippen molar-refractivity contribution in [2.24, 2.45) is 0 Å². The zero-order valence-corrected chi connectivity index (χ0v) is 13.2. The molecule has 5 nitrogen and oxygen atoms in total. The highest BCUT2D eigenvalue weighted by Crippen LogP contribution is 2.17. The number of aryl methyl sites for hydroxylation is 2. The molecule has 21 heavy (non-hydrogen) atoms. The molecule has 0 aliphatic rings. The van der Waals surface area contributed by atoms with E-state index in [-0.39, 0.29) is 0 Å². The van der Waals surface area contributed by atoms with Crippen LogP contribution in [0.2, 0.25) is 0 Å². The van der Waals surface area contributed by atoms with Gasteiger partial charge in [0.15, 0.2) is 5.75 Å². The molecule has 116 valence electrons. The Morgan fingerprint density at radius 2 is 2.19 bits per heavy atom. The molecule has 0 atom stereocenters. The van der Waals surface area contributed by atoms with Crippen LogP contribution in [0, 0.1) is 6.92 Å². The second-order valence-electron chi connectivity index (χ2n) is 5.20. The van der Waals surface area contributed by atoms with Gasteiger partial charge in [0.2, 0.25) is 0 Å². The monoisotopic (exact) mass is 291 g/mol. The molecule has 2 aromatic rings. The lowest BCUT2D eigenvalue weighted by Gasteiger charge is -2.00. The first-order chi connectivity index (χ1) is 10.2. The van der Waals surface area contributed by atoms with Gasteiger partial charge in [0.1, 0.15) is 18.1 Å². The van der Waals surface area contributed by atoms with Crippen LogP contribution in [0.5, 0.6) is 5.75 Å². The first kappa shape index (κ1) is 15.6. The van der Waals surface area contributed by atoms with Gasteiger partial charge in [-0.25, -0.2) is 0 Å². The van der Waals surface area contributed by atoms with Gasteiger partial charge in [-0.1, -0.05) is 13.8 Å². The predicted octanol–water partition coefficient (Wildman–Crippen LogP) is 3.27. The van der Waals surface area contributed by atoms with Gasteiger partial charge in [-0.3, -0.25) is 4.68 Å². The summed E-state index contributed by atoms with van der Waals surface area (Å²) in [6.45, 7) is 9.49. The van der Waals surface area contributed by atoms with E-state index in [0.717, 1.165) is 49.7 Å². The summed E-state index contributed by atoms with van der Waals surface area (Å²) in [5.74, 6) is 2.59. The molecule has 0 amide bonds. The number of ether oxygens (including phenoxy) is 1. The first-order valence-corrected chi connectivity index (χ1v) is 7.67. The maximum Gasteiger partial charge on any atom is 0.157 e. The summed E-state index contributed by atoms with van der Waals surface area (Å²) in [6.07, 6.45) is 5.86. The number of rotatable bonds is 9. The highest BCUT2D eigenvalue weighted by atomic mass is 16.5. The molecule has 2 heterocycles. The van der Waals surface area contributed by atoms with Crippen LogP contribution >= 0.6 is 0 Å². The lowest BCUT2D eigenvalue weighted by atomic mass is 10.2. The molecule has 5 heteroatoms. The van der Waals surface area contributed by atoms with Gasteiger partial charge in [-0.05, 0) is 32.4 Å². The fraction of sp³-hybridized carbons (Fsp3) is 0.562. The lowest BCUT2D eigenvalue weighted by molar-refractivity contribution is 0.267. The molecule has 0 aliphatic carbocycles. The van der Waals surface area contributed by atoms with Crippen LogP contribution in [-0.4, -0.2) is 16.3 Å². The van der Waals surface area contributed by atoms with Gasteiger partial charge >= 0.3 is 0 Å². The average Bonchev–Trinajstić information content (AvgIpc) is 3.05. The maximum absolute atomic E-state index is 5.73. The highest BCUT2D eigenvalue weighted by molar-refractivity contribution is 5.21. The highest BCUT2D eigenvalue weighted by Gasteiger charge is 2.08. The molecule has 0 aromatic carbocycles. The molecule has 0 unspecified atom stereocenters. The minimum atomic E-state index is 0.437. The predicted molar refractivity (Wildman–Crippen MR) is 82.3 cm³/mol. The van der Waals surface area contributed by atoms with Crippen molar-refractivity contribution in [3.63, 3.8) is 0 Å². The molecule has 0 saturated heterocycles. The Labute approximate surface area is 126 Å². The summed E-state index contributed by atoms with van der Waals surface area (Å²) in [7, 11) is 0. The summed E-state index contributed by atoms with van der Waals surface area (Å²) in [5.41, 5.74) is 1.20. The Balaban J connectivity index is 1.86. The van der Waals surface area contributed by atoms with E-state index in [4.69, 9.17) is 9.15 Å². The Morgan fingerprint density at radius 3 is 2.95 bits per heavy atom. The van der Waals surface area contributed by atoms with Gasteiger partial charge < -0.3 is 14.5 Å². The number of nitrogens with zero attached hydrogens (tertiary/aromatic N) is 2. The standard InChI is InChI=1S/C16H25N3O2/c1-4-6-17-9-14-8-15(21-13(14)3)12-20-16-10-18-19(11-16)7-5-2/h8,10-11,17H,4-7,9,12H2,1-3H3. The van der Waals surface area contributed by atoms with E-state index in [1.807, 2.05) is 17.8 Å². The minimum Gasteiger partial charge on any atom is -0.482 e. The summed E-state index contributed by atoms with van der Waals surface area (Å²) in [4.78, 5) is 0. The molecule has 0 aliphatic heterocycles. The number of nitrogens with one attached hydrogen (secondary N) is 1. The van der Waals surface area contributed by atoms with Crippen LogP contribution < -0.4 is 10.1 Å². The van der Waals surface area contributed by atoms with Crippen LogP contribution in [-0.2, 0) is 19.7 Å². The molecule has 0 fully saturated rings. The molecule has 2 rings (SSSR count). The summed E-state index contributed by atoms with van der Waals surface area (Å²) in [5, 5.41) is 7.62. The van der Waals surface area contributed by atoms with Crippen LogP contribution in [0.1, 0.15) is 43.8 Å². The fourth-order valence-electron chi connectivity index (χ4n) is 2.16. The summed E-state index contributed by atoms with van der Waals surface area (Å²) in [6, 6.07) is 2.06. The lowest BCUT2D eigenvalue weighted by Crippen LogP contribution is -2.13. The van der Waals surface area contributed by atoms with Crippen LogP contribution in [0.3, 0.4) is 0 Å². The second-order valence-corrected chi connectivity index (χ2v) is 5.20. The van der Waals surface area contributed by atoms with Gasteiger partial charge in [0.05, 0.1) is 12.4 Å². The summed E-state index contributed by atoms with van der Waals surface area (Å²) >= 11 is 0. The molecule has 1 N–H and O–H groups in total. The van der Waals surface area contributed by atoms with E-state index in [1.54, 1.807) is 6.20 Å². The third-order valence-corrected chi connectivity index (χ3v) is 3.26. The van der Waals surface area contributed by atoms with Crippen LogP contribution in [0.15, 0.2) is 22.9 Å². The van der Waals surface area contributed by atoms with Gasteiger partial charge in [-0.2, -0.15) is 5.10 Å². The SMILES string of the molecule is CCCNCc1cc(COc2cnn(CCC)c2)oc1C. The number of aromatic nitrogens is 2.